The van der Waals surface area contributed by atoms with Crippen LogP contribution in [0, 0.1) is 6.92 Å². The van der Waals surface area contributed by atoms with Gasteiger partial charge in [-0.25, -0.2) is 0 Å². The first-order valence-electron chi connectivity index (χ1n) is 10.6. The van der Waals surface area contributed by atoms with Crippen LogP contribution in [0.4, 0.5) is 5.69 Å². The minimum Gasteiger partial charge on any atom is -0.303 e. The molecule has 3 aromatic carbocycles. The van der Waals surface area contributed by atoms with Crippen LogP contribution in [0.3, 0.4) is 0 Å². The standard InChI is InChI=1S/C26H18N4O2S/c1-16-9-5-6-12-18(16)23-27-26-30(28-23)25(32)22(33-26)21-19-13-7-8-14-20(19)29(24(21)31)15-17-10-3-2-4-11-17/h2-14H,15H2,1H3/b22-21-. The van der Waals surface area contributed by atoms with Gasteiger partial charge in [-0.1, -0.05) is 84.1 Å². The molecule has 6 nitrogen and oxygen atoms in total. The van der Waals surface area contributed by atoms with E-state index in [0.29, 0.717) is 27.4 Å². The van der Waals surface area contributed by atoms with E-state index in [1.807, 2.05) is 85.8 Å². The Morgan fingerprint density at radius 3 is 2.30 bits per heavy atom. The van der Waals surface area contributed by atoms with Crippen molar-refractivity contribution in [1.82, 2.24) is 14.6 Å². The van der Waals surface area contributed by atoms with Gasteiger partial charge in [-0.3, -0.25) is 9.59 Å². The third-order valence-electron chi connectivity index (χ3n) is 5.88. The number of benzene rings is 3. The summed E-state index contributed by atoms with van der Waals surface area (Å²) < 4.78 is 1.68. The fraction of sp³-hybridized carbons (Fsp3) is 0.0769. The van der Waals surface area contributed by atoms with Crippen molar-refractivity contribution in [1.29, 1.82) is 0 Å². The quantitative estimate of drug-likeness (QED) is 0.421. The average molecular weight is 451 g/mol. The number of para-hydroxylation sites is 1. The average Bonchev–Trinajstić information content (AvgIpc) is 3.46. The molecule has 33 heavy (non-hydrogen) atoms. The van der Waals surface area contributed by atoms with Gasteiger partial charge in [0.25, 0.3) is 11.5 Å². The summed E-state index contributed by atoms with van der Waals surface area (Å²) in [6, 6.07) is 25.2. The summed E-state index contributed by atoms with van der Waals surface area (Å²) >= 11 is 1.21. The van der Waals surface area contributed by atoms with Crippen LogP contribution in [0.2, 0.25) is 0 Å². The van der Waals surface area contributed by atoms with Crippen molar-refractivity contribution >= 4 is 33.5 Å². The summed E-state index contributed by atoms with van der Waals surface area (Å²) in [7, 11) is 0. The van der Waals surface area contributed by atoms with E-state index in [0.717, 1.165) is 27.9 Å². The Kier molecular flexibility index (Phi) is 4.45. The Bertz CT molecular complexity index is 1650. The molecule has 0 saturated heterocycles. The zero-order valence-electron chi connectivity index (χ0n) is 17.7. The van der Waals surface area contributed by atoms with Crippen LogP contribution in [-0.2, 0) is 11.3 Å². The van der Waals surface area contributed by atoms with Gasteiger partial charge in [0, 0.05) is 11.1 Å². The molecule has 0 aliphatic carbocycles. The lowest BCUT2D eigenvalue weighted by molar-refractivity contribution is -0.113. The van der Waals surface area contributed by atoms with Gasteiger partial charge in [0.15, 0.2) is 5.82 Å². The van der Waals surface area contributed by atoms with Crippen LogP contribution in [0.5, 0.6) is 0 Å². The molecule has 0 bridgehead atoms. The fourth-order valence-electron chi connectivity index (χ4n) is 4.25. The first-order valence-corrected chi connectivity index (χ1v) is 11.4. The number of aryl methyl sites for hydroxylation is 1. The molecule has 0 spiro atoms. The zero-order valence-corrected chi connectivity index (χ0v) is 18.5. The van der Waals surface area contributed by atoms with Gasteiger partial charge < -0.3 is 4.90 Å². The summed E-state index contributed by atoms with van der Waals surface area (Å²) in [4.78, 5) is 33.7. The lowest BCUT2D eigenvalue weighted by Gasteiger charge is -2.17. The predicted octanol–water partition coefficient (Wildman–Crippen LogP) is 3.59. The second-order valence-electron chi connectivity index (χ2n) is 7.95. The van der Waals surface area contributed by atoms with E-state index in [4.69, 9.17) is 0 Å². The van der Waals surface area contributed by atoms with Crippen molar-refractivity contribution in [3.63, 3.8) is 0 Å². The summed E-state index contributed by atoms with van der Waals surface area (Å²) in [5, 5.41) is 4.47. The van der Waals surface area contributed by atoms with E-state index in [9.17, 15) is 9.59 Å². The molecule has 5 aromatic rings. The predicted molar refractivity (Wildman–Crippen MR) is 129 cm³/mol. The van der Waals surface area contributed by atoms with E-state index >= 15 is 0 Å². The molecule has 7 heteroatoms. The maximum absolute atomic E-state index is 13.6. The lowest BCUT2D eigenvalue weighted by Crippen LogP contribution is -2.32. The Hall–Kier alpha value is -4.10. The van der Waals surface area contributed by atoms with Gasteiger partial charge in [0.2, 0.25) is 4.96 Å². The molecule has 1 aliphatic rings. The van der Waals surface area contributed by atoms with Crippen molar-refractivity contribution in [2.24, 2.45) is 0 Å². The molecule has 0 N–H and O–H groups in total. The maximum atomic E-state index is 13.6. The van der Waals surface area contributed by atoms with Gasteiger partial charge in [0.1, 0.15) is 4.53 Å². The highest BCUT2D eigenvalue weighted by molar-refractivity contribution is 7.15. The summed E-state index contributed by atoms with van der Waals surface area (Å²) in [6.45, 7) is 2.42. The van der Waals surface area contributed by atoms with Crippen LogP contribution < -0.4 is 15.0 Å². The first-order chi connectivity index (χ1) is 16.1. The van der Waals surface area contributed by atoms with Gasteiger partial charge in [-0.2, -0.15) is 9.50 Å². The molecule has 3 heterocycles. The third kappa shape index (κ3) is 3.08. The van der Waals surface area contributed by atoms with Gasteiger partial charge in [-0.15, -0.1) is 5.10 Å². The number of carbonyl (C=O) groups is 1. The zero-order chi connectivity index (χ0) is 22.5. The number of hydrogen-bond acceptors (Lipinski definition) is 5. The number of carbonyl (C=O) groups excluding carboxylic acids is 1. The number of rotatable bonds is 3. The lowest BCUT2D eigenvalue weighted by atomic mass is 10.1. The van der Waals surface area contributed by atoms with Crippen molar-refractivity contribution in [2.45, 2.75) is 13.5 Å². The van der Waals surface area contributed by atoms with Crippen LogP contribution in [0.15, 0.2) is 83.7 Å². The molecular formula is C26H18N4O2S. The molecule has 0 unspecified atom stereocenters. The molecule has 0 atom stereocenters. The minimum atomic E-state index is -0.318. The molecule has 0 saturated carbocycles. The van der Waals surface area contributed by atoms with Crippen LogP contribution in [-0.4, -0.2) is 20.5 Å². The SMILES string of the molecule is Cc1ccccc1-c1nc2s/c(=C3\C(=O)N(Cc4ccccc4)c4ccccc43)c(=O)n2n1. The van der Waals surface area contributed by atoms with Gasteiger partial charge in [-0.05, 0) is 24.1 Å². The second kappa shape index (κ2) is 7.50. The number of hydrogen-bond donors (Lipinski definition) is 0. The first kappa shape index (κ1) is 19.6. The van der Waals surface area contributed by atoms with Crippen LogP contribution in [0.1, 0.15) is 16.7 Å². The van der Waals surface area contributed by atoms with Gasteiger partial charge in [0.05, 0.1) is 17.8 Å². The third-order valence-corrected chi connectivity index (χ3v) is 6.91. The molecule has 0 fully saturated rings. The topological polar surface area (TPSA) is 67.6 Å². The van der Waals surface area contributed by atoms with Crippen molar-refractivity contribution in [3.8, 4) is 11.4 Å². The number of fused-ring (bicyclic) bond motifs is 2. The van der Waals surface area contributed by atoms with E-state index in [-0.39, 0.29) is 11.5 Å². The summed E-state index contributed by atoms with van der Waals surface area (Å²) in [6.07, 6.45) is 0. The number of aromatic nitrogens is 3. The largest absolute Gasteiger partial charge is 0.303 e. The highest BCUT2D eigenvalue weighted by Gasteiger charge is 2.34. The monoisotopic (exact) mass is 450 g/mol. The van der Waals surface area contributed by atoms with E-state index < -0.39 is 0 Å². The highest BCUT2D eigenvalue weighted by atomic mass is 32.1. The highest BCUT2D eigenvalue weighted by Crippen LogP contribution is 2.36. The van der Waals surface area contributed by atoms with Gasteiger partial charge >= 0.3 is 0 Å². The number of anilines is 1. The maximum Gasteiger partial charge on any atom is 0.291 e. The molecular weight excluding hydrogens is 432 g/mol. The molecule has 1 amide bonds. The van der Waals surface area contributed by atoms with Crippen LogP contribution in [0.25, 0.3) is 21.9 Å². The summed E-state index contributed by atoms with van der Waals surface area (Å²) in [5.74, 6) is 0.331. The van der Waals surface area contributed by atoms with Crippen LogP contribution >= 0.6 is 11.3 Å². The minimum absolute atomic E-state index is 0.180. The Balaban J connectivity index is 1.52. The van der Waals surface area contributed by atoms with E-state index in [1.54, 1.807) is 4.90 Å². The molecule has 0 radical (unpaired) electrons. The summed E-state index contributed by atoms with van der Waals surface area (Å²) in [5.41, 5.74) is 4.62. The Labute approximate surface area is 193 Å². The van der Waals surface area contributed by atoms with E-state index in [1.165, 1.54) is 15.9 Å². The molecule has 1 aliphatic heterocycles. The molecule has 6 rings (SSSR count). The smallest absolute Gasteiger partial charge is 0.291 e. The van der Waals surface area contributed by atoms with Crippen molar-refractivity contribution < 1.29 is 4.79 Å². The van der Waals surface area contributed by atoms with E-state index in [2.05, 4.69) is 10.1 Å². The number of amides is 1. The normalized spacial score (nSPS) is 14.8. The fourth-order valence-corrected chi connectivity index (χ4v) is 5.24. The Morgan fingerprint density at radius 2 is 1.55 bits per heavy atom. The van der Waals surface area contributed by atoms with Crippen molar-refractivity contribution in [2.75, 3.05) is 4.90 Å². The number of nitrogens with zero attached hydrogens (tertiary/aromatic N) is 4. The molecule has 160 valence electrons. The van der Waals surface area contributed by atoms with Crippen molar-refractivity contribution in [3.05, 3.63) is 110 Å². The number of thiazole rings is 1. The second-order valence-corrected chi connectivity index (χ2v) is 8.93. The Morgan fingerprint density at radius 1 is 0.848 bits per heavy atom. The molecule has 2 aromatic heterocycles.